The van der Waals surface area contributed by atoms with Crippen LogP contribution < -0.4 is 0 Å². The van der Waals surface area contributed by atoms with E-state index < -0.39 is 158 Å². The van der Waals surface area contributed by atoms with E-state index in [2.05, 4.69) is 0 Å². The van der Waals surface area contributed by atoms with Crippen LogP contribution in [-0.2, 0) is 71.4 Å². The molecule has 4 heterocycles. The second kappa shape index (κ2) is 13.7. The van der Waals surface area contributed by atoms with E-state index in [9.17, 15) is 44.4 Å². The fraction of sp³-hybridized carbons (Fsp3) is 0.727. The number of allylic oxidation sites excluding steroid dienone is 1. The molecule has 4 bridgehead atoms. The molecule has 352 valence electrons. The van der Waals surface area contributed by atoms with E-state index >= 15 is 4.79 Å². The highest BCUT2D eigenvalue weighted by atomic mass is 16.9. The number of rotatable bonds is 10. The highest BCUT2D eigenvalue weighted by Gasteiger charge is 3.07. The van der Waals surface area contributed by atoms with Crippen LogP contribution in [0.1, 0.15) is 101 Å². The van der Waals surface area contributed by atoms with Crippen LogP contribution in [0.5, 0.6) is 0 Å². The third kappa shape index (κ3) is 5.04. The summed E-state index contributed by atoms with van der Waals surface area (Å²) in [6, 6.07) is 1.47. The van der Waals surface area contributed by atoms with Gasteiger partial charge in [0.25, 0.3) is 5.97 Å². The van der Waals surface area contributed by atoms with Crippen molar-refractivity contribution in [2.24, 2.45) is 34.0 Å². The van der Waals surface area contributed by atoms with Crippen LogP contribution in [0.15, 0.2) is 34.3 Å². The molecule has 3 aliphatic heterocycles. The Hall–Kier alpha value is -4.60. The average Bonchev–Trinajstić information content (AvgIpc) is 3.89. The maximum Gasteiger partial charge on any atom is 0.340 e. The largest absolute Gasteiger partial charge is 0.511 e. The summed E-state index contributed by atoms with van der Waals surface area (Å²) in [5.41, 5.74) is -18.9. The SMILES string of the molecule is COC(=O)C[C@H]1[C@@]2(C)C[C@@]34O[C@]5(C)O[C@]6([C@@H]7/C(=C(/O)C(C)C)C(=O)O[C@@H](c8ccoc8)[C@]7(C)C(OC(C)=O)C(OC(C)=O)[C@]6(O5)[C@]13C)[C@H](OC(C)=O)[C@@]4(O)[C@H]2OC(=O)C(C)(O)C(C)O. The normalized spacial score (nSPS) is 46.5. The van der Waals surface area contributed by atoms with Crippen LogP contribution in [0.4, 0.5) is 0 Å². The van der Waals surface area contributed by atoms with E-state index in [4.69, 9.17) is 47.0 Å². The van der Waals surface area contributed by atoms with Crippen molar-refractivity contribution in [1.82, 2.24) is 0 Å². The van der Waals surface area contributed by atoms with Crippen molar-refractivity contribution in [3.63, 3.8) is 0 Å². The lowest BCUT2D eigenvalue weighted by Crippen LogP contribution is -2.97. The van der Waals surface area contributed by atoms with Gasteiger partial charge in [-0.3, -0.25) is 19.2 Å². The van der Waals surface area contributed by atoms with E-state index in [1.807, 2.05) is 0 Å². The maximum absolute atomic E-state index is 15.0. The standard InChI is InChI=1S/C44H56O20/c1-18(2)27(50)26-28-37(8,29(60-32(26)51)23-13-14-56-16-23)30(57-20(4)46)31(58-21(5)47)44-39(10)24(15-25(49)55-12)36(7)17-41(39)42(54,33(36)61-35(52)38(9,53)19(3)45)34(59-22(6)48)43(28,44)63-40(11,62-41)64-44/h13-14,16,18-19,24,28-31,33-34,45,50,53-54H,15,17H2,1-12H3/b27-26-/t19?,24-,28+,29-,30?,31?,33-,34+,36+,37+,38?,39+,40+,41+,42-,43+,44-/m0/s1. The van der Waals surface area contributed by atoms with Gasteiger partial charge < -0.3 is 67.5 Å². The van der Waals surface area contributed by atoms with Gasteiger partial charge in [0.05, 0.1) is 36.7 Å². The number of aliphatic hydroxyl groups excluding tert-OH is 2. The first-order chi connectivity index (χ1) is 29.5. The van der Waals surface area contributed by atoms with Crippen molar-refractivity contribution in [2.45, 2.75) is 160 Å². The van der Waals surface area contributed by atoms with Crippen molar-refractivity contribution < 1.29 is 96.2 Å². The Balaban J connectivity index is 1.61. The van der Waals surface area contributed by atoms with E-state index in [0.29, 0.717) is 0 Å². The van der Waals surface area contributed by atoms with Gasteiger partial charge in [0.2, 0.25) is 0 Å². The summed E-state index contributed by atoms with van der Waals surface area (Å²) in [7, 11) is 1.14. The summed E-state index contributed by atoms with van der Waals surface area (Å²) < 4.78 is 63.7. The monoisotopic (exact) mass is 904 g/mol. The van der Waals surface area contributed by atoms with Gasteiger partial charge in [0, 0.05) is 62.3 Å². The average molecular weight is 905 g/mol. The number of esters is 6. The molecule has 7 aliphatic rings. The van der Waals surface area contributed by atoms with Gasteiger partial charge in [-0.25, -0.2) is 9.59 Å². The molecule has 1 aromatic rings. The van der Waals surface area contributed by atoms with Gasteiger partial charge in [-0.1, -0.05) is 34.6 Å². The molecule has 4 unspecified atom stereocenters. The number of cyclic esters (lactones) is 1. The van der Waals surface area contributed by atoms with Crippen LogP contribution in [0, 0.1) is 34.0 Å². The first kappa shape index (κ1) is 45.9. The number of fused-ring (bicyclic) bond motifs is 3. The number of carbonyl (C=O) groups is 6. The molecule has 4 N–H and O–H groups in total. The van der Waals surface area contributed by atoms with Gasteiger partial charge >= 0.3 is 35.8 Å². The summed E-state index contributed by atoms with van der Waals surface area (Å²) in [6.07, 6.45) is -9.44. The second-order valence-electron chi connectivity index (χ2n) is 19.8. The minimum absolute atomic E-state index is 0.186. The molecule has 7 fully saturated rings. The van der Waals surface area contributed by atoms with Crippen LogP contribution in [0.25, 0.3) is 0 Å². The Labute approximate surface area is 367 Å². The Bertz CT molecular complexity index is 2250. The van der Waals surface area contributed by atoms with Gasteiger partial charge in [-0.05, 0) is 32.3 Å². The summed E-state index contributed by atoms with van der Waals surface area (Å²) in [4.78, 5) is 84.4. The quantitative estimate of drug-likeness (QED) is 0.113. The number of aliphatic hydroxyl groups is 4. The third-order valence-corrected chi connectivity index (χ3v) is 16.0. The molecule has 3 saturated heterocycles. The molecule has 1 aromatic heterocycles. The lowest BCUT2D eigenvalue weighted by atomic mass is 9.32. The van der Waals surface area contributed by atoms with Crippen LogP contribution >= 0.6 is 0 Å². The molecule has 4 saturated carbocycles. The zero-order chi connectivity index (χ0) is 47.5. The van der Waals surface area contributed by atoms with Crippen molar-refractivity contribution in [3.05, 3.63) is 35.5 Å². The third-order valence-electron chi connectivity index (χ3n) is 16.0. The van der Waals surface area contributed by atoms with Crippen molar-refractivity contribution in [3.8, 4) is 0 Å². The molecular formula is C44H56O20. The summed E-state index contributed by atoms with van der Waals surface area (Å²) in [5.74, 6) is -13.2. The molecule has 20 nitrogen and oxygen atoms in total. The Morgan fingerprint density at radius 2 is 1.52 bits per heavy atom. The predicted molar refractivity (Wildman–Crippen MR) is 208 cm³/mol. The smallest absolute Gasteiger partial charge is 0.340 e. The van der Waals surface area contributed by atoms with E-state index in [1.54, 1.807) is 27.7 Å². The van der Waals surface area contributed by atoms with E-state index in [0.717, 1.165) is 41.7 Å². The summed E-state index contributed by atoms with van der Waals surface area (Å²) in [5, 5.41) is 48.6. The fourth-order valence-electron chi connectivity index (χ4n) is 13.8. The van der Waals surface area contributed by atoms with Crippen LogP contribution in [0.2, 0.25) is 0 Å². The first-order valence-corrected chi connectivity index (χ1v) is 21.2. The number of hydrogen-bond acceptors (Lipinski definition) is 20. The Morgan fingerprint density at radius 3 is 2.05 bits per heavy atom. The fourth-order valence-corrected chi connectivity index (χ4v) is 13.8. The van der Waals surface area contributed by atoms with Crippen molar-refractivity contribution >= 4 is 35.8 Å². The van der Waals surface area contributed by atoms with Gasteiger partial charge in [0.15, 0.2) is 40.7 Å². The Kier molecular flexibility index (Phi) is 9.85. The molecule has 0 amide bonds. The molecule has 64 heavy (non-hydrogen) atoms. The second-order valence-corrected chi connectivity index (χ2v) is 19.8. The summed E-state index contributed by atoms with van der Waals surface area (Å²) >= 11 is 0. The molecule has 4 aliphatic carbocycles. The topological polar surface area (TPSA) is 280 Å². The van der Waals surface area contributed by atoms with E-state index in [1.165, 1.54) is 32.4 Å². The molecule has 2 spiro atoms. The minimum atomic E-state index is -2.86. The molecule has 20 heteroatoms. The lowest BCUT2D eigenvalue weighted by Gasteiger charge is -2.78. The molecule has 0 aromatic carbocycles. The molecule has 17 atom stereocenters. The predicted octanol–water partition coefficient (Wildman–Crippen LogP) is 2.14. The van der Waals surface area contributed by atoms with Crippen LogP contribution in [0.3, 0.4) is 0 Å². The summed E-state index contributed by atoms with van der Waals surface area (Å²) in [6.45, 7) is 14.5. The van der Waals surface area contributed by atoms with Crippen LogP contribution in [-0.4, -0.2) is 128 Å². The zero-order valence-electron chi connectivity index (χ0n) is 37.7. The van der Waals surface area contributed by atoms with Gasteiger partial charge in [-0.15, -0.1) is 0 Å². The first-order valence-electron chi connectivity index (χ1n) is 21.2. The molecule has 8 rings (SSSR count). The lowest BCUT2D eigenvalue weighted by molar-refractivity contribution is -0.490. The number of hydrogen-bond donors (Lipinski definition) is 4. The zero-order valence-corrected chi connectivity index (χ0v) is 37.7. The highest BCUT2D eigenvalue weighted by molar-refractivity contribution is 5.92. The maximum atomic E-state index is 15.0. The van der Waals surface area contributed by atoms with Crippen molar-refractivity contribution in [2.75, 3.05) is 7.11 Å². The number of carbonyl (C=O) groups excluding carboxylic acids is 6. The minimum Gasteiger partial charge on any atom is -0.511 e. The number of furan rings is 1. The van der Waals surface area contributed by atoms with Gasteiger partial charge in [0.1, 0.15) is 23.6 Å². The number of ether oxygens (including phenoxy) is 9. The molecule has 0 radical (unpaired) electrons. The van der Waals surface area contributed by atoms with Gasteiger partial charge in [-0.2, -0.15) is 0 Å². The highest BCUT2D eigenvalue weighted by Crippen LogP contribution is 2.90. The number of methoxy groups -OCH3 is 1. The Morgan fingerprint density at radius 1 is 0.906 bits per heavy atom. The molecular weight excluding hydrogens is 848 g/mol. The van der Waals surface area contributed by atoms with Crippen molar-refractivity contribution in [1.29, 1.82) is 0 Å². The van der Waals surface area contributed by atoms with E-state index in [-0.39, 0.29) is 12.0 Å².